The second kappa shape index (κ2) is 7.66. The molecule has 4 aliphatic rings. The lowest BCUT2D eigenvalue weighted by molar-refractivity contribution is -0.0497. The van der Waals surface area contributed by atoms with Crippen LogP contribution in [0.3, 0.4) is 0 Å². The predicted octanol–water partition coefficient (Wildman–Crippen LogP) is 6.62. The minimum atomic E-state index is 0.00861. The number of hydrogen-bond donors (Lipinski definition) is 0. The van der Waals surface area contributed by atoms with Crippen molar-refractivity contribution in [3.8, 4) is 0 Å². The molecule has 3 heteroatoms. The second-order valence-electron chi connectivity index (χ2n) is 10.4. The van der Waals surface area contributed by atoms with Crippen molar-refractivity contribution in [3.05, 3.63) is 83.9 Å². The van der Waals surface area contributed by atoms with Gasteiger partial charge in [-0.05, 0) is 35.1 Å². The van der Waals surface area contributed by atoms with Gasteiger partial charge in [0, 0.05) is 22.7 Å². The number of fused-ring (bicyclic) bond motifs is 2. The molecule has 8 unspecified atom stereocenters. The third kappa shape index (κ3) is 2.99. The van der Waals surface area contributed by atoms with Crippen molar-refractivity contribution in [2.24, 2.45) is 22.7 Å². The molecule has 33 heavy (non-hydrogen) atoms. The molecule has 0 radical (unpaired) electrons. The molecule has 2 aliphatic heterocycles. The van der Waals surface area contributed by atoms with Gasteiger partial charge in [0.2, 0.25) is 0 Å². The van der Waals surface area contributed by atoms with Crippen LogP contribution in [0.25, 0.3) is 12.2 Å². The molecule has 6 rings (SSSR count). The third-order valence-electron chi connectivity index (χ3n) is 9.22. The standard InChI is InChI=1S/C30H34O3/c1-5-19-9-13-21(14-10-19)25(23-27-29(23,7-3)17-31-27)33-26(22-15-11-20(6-2)12-16-22)24-28-30(24,8-4)18-32-28/h5-6,9-16,23-28H,1-2,7-8,17-18H2,3-4H3. The van der Waals surface area contributed by atoms with E-state index in [1.54, 1.807) is 0 Å². The molecule has 2 aliphatic carbocycles. The highest BCUT2D eigenvalue weighted by atomic mass is 16.6. The molecule has 2 heterocycles. The first-order valence-corrected chi connectivity index (χ1v) is 12.5. The van der Waals surface area contributed by atoms with E-state index >= 15 is 0 Å². The van der Waals surface area contributed by atoms with Crippen molar-refractivity contribution in [1.29, 1.82) is 0 Å². The van der Waals surface area contributed by atoms with Gasteiger partial charge in [-0.2, -0.15) is 0 Å². The smallest absolute Gasteiger partial charge is 0.0893 e. The van der Waals surface area contributed by atoms with Crippen molar-refractivity contribution in [2.75, 3.05) is 13.2 Å². The van der Waals surface area contributed by atoms with E-state index in [0.717, 1.165) is 37.2 Å². The van der Waals surface area contributed by atoms with E-state index < -0.39 is 0 Å². The van der Waals surface area contributed by atoms with E-state index in [0.29, 0.717) is 24.0 Å². The summed E-state index contributed by atoms with van der Waals surface area (Å²) in [4.78, 5) is 0. The Morgan fingerprint density at radius 1 is 0.788 bits per heavy atom. The monoisotopic (exact) mass is 442 g/mol. The number of ether oxygens (including phenoxy) is 3. The number of benzene rings is 2. The first-order valence-electron chi connectivity index (χ1n) is 12.5. The molecule has 2 aromatic rings. The summed E-state index contributed by atoms with van der Waals surface area (Å²) in [5.41, 5.74) is 5.30. The van der Waals surface area contributed by atoms with Crippen LogP contribution < -0.4 is 0 Å². The largest absolute Gasteiger partial charge is 0.376 e. The highest BCUT2D eigenvalue weighted by molar-refractivity contribution is 5.49. The maximum Gasteiger partial charge on any atom is 0.0893 e. The summed E-state index contributed by atoms with van der Waals surface area (Å²) < 4.78 is 19.3. The lowest BCUT2D eigenvalue weighted by Crippen LogP contribution is -2.27. The quantitative estimate of drug-likeness (QED) is 0.414. The van der Waals surface area contributed by atoms with Crippen LogP contribution in [0.2, 0.25) is 0 Å². The van der Waals surface area contributed by atoms with Gasteiger partial charge in [-0.3, -0.25) is 0 Å². The van der Waals surface area contributed by atoms with Crippen LogP contribution >= 0.6 is 0 Å². The molecule has 0 amide bonds. The Kier molecular flexibility index (Phi) is 4.95. The van der Waals surface area contributed by atoms with Crippen LogP contribution in [0.15, 0.2) is 61.7 Å². The lowest BCUT2D eigenvalue weighted by atomic mass is 9.91. The fourth-order valence-corrected chi connectivity index (χ4v) is 6.70. The molecule has 2 aromatic carbocycles. The average molecular weight is 443 g/mol. The van der Waals surface area contributed by atoms with E-state index in [1.165, 1.54) is 11.1 Å². The van der Waals surface area contributed by atoms with Gasteiger partial charge in [0.05, 0.1) is 37.6 Å². The molecular weight excluding hydrogens is 408 g/mol. The van der Waals surface area contributed by atoms with Crippen LogP contribution in [0, 0.1) is 22.7 Å². The normalized spacial score (nSPS) is 36.9. The van der Waals surface area contributed by atoms with Gasteiger partial charge in [-0.1, -0.05) is 87.7 Å². The van der Waals surface area contributed by atoms with Gasteiger partial charge in [0.1, 0.15) is 0 Å². The van der Waals surface area contributed by atoms with Crippen LogP contribution in [0.4, 0.5) is 0 Å². The average Bonchev–Trinajstić information content (AvgIpc) is 3.53. The molecule has 8 atom stereocenters. The SMILES string of the molecule is C=Cc1ccc(C(OC(c2ccc(C=C)cc2)C2C3OCC32CC)C2C3OCC32CC)cc1. The molecule has 4 fully saturated rings. The zero-order chi connectivity index (χ0) is 22.8. The zero-order valence-corrected chi connectivity index (χ0v) is 19.7. The van der Waals surface area contributed by atoms with Crippen molar-refractivity contribution in [1.82, 2.24) is 0 Å². The van der Waals surface area contributed by atoms with Gasteiger partial charge in [0.25, 0.3) is 0 Å². The molecule has 2 saturated carbocycles. The third-order valence-corrected chi connectivity index (χ3v) is 9.22. The van der Waals surface area contributed by atoms with Gasteiger partial charge >= 0.3 is 0 Å². The summed E-state index contributed by atoms with van der Waals surface area (Å²) >= 11 is 0. The molecule has 3 nitrogen and oxygen atoms in total. The van der Waals surface area contributed by atoms with Crippen LogP contribution in [0.5, 0.6) is 0 Å². The minimum Gasteiger partial charge on any atom is -0.376 e. The Labute approximate surface area is 197 Å². The van der Waals surface area contributed by atoms with Crippen molar-refractivity contribution in [3.63, 3.8) is 0 Å². The second-order valence-corrected chi connectivity index (χ2v) is 10.4. The molecule has 0 spiro atoms. The van der Waals surface area contributed by atoms with E-state index in [-0.39, 0.29) is 23.0 Å². The number of hydrogen-bond acceptors (Lipinski definition) is 3. The Bertz CT molecular complexity index is 963. The Balaban J connectivity index is 1.37. The molecule has 0 bridgehead atoms. The molecular formula is C30H34O3. The molecule has 172 valence electrons. The first-order chi connectivity index (χ1) is 16.1. The van der Waals surface area contributed by atoms with Crippen molar-refractivity contribution < 1.29 is 14.2 Å². The zero-order valence-electron chi connectivity index (χ0n) is 19.7. The lowest BCUT2D eigenvalue weighted by Gasteiger charge is -2.29. The van der Waals surface area contributed by atoms with Gasteiger partial charge in [-0.25, -0.2) is 0 Å². The van der Waals surface area contributed by atoms with Crippen LogP contribution in [0.1, 0.15) is 61.2 Å². The van der Waals surface area contributed by atoms with Crippen molar-refractivity contribution >= 4 is 12.2 Å². The maximum atomic E-state index is 7.22. The van der Waals surface area contributed by atoms with Gasteiger partial charge in [0.15, 0.2) is 0 Å². The summed E-state index contributed by atoms with van der Waals surface area (Å²) in [6.45, 7) is 14.1. The van der Waals surface area contributed by atoms with E-state index in [9.17, 15) is 0 Å². The maximum absolute atomic E-state index is 7.22. The molecule has 0 aromatic heterocycles. The summed E-state index contributed by atoms with van der Waals surface area (Å²) in [5.74, 6) is 0.809. The fourth-order valence-electron chi connectivity index (χ4n) is 6.70. The Morgan fingerprint density at radius 3 is 1.42 bits per heavy atom. The summed E-state index contributed by atoms with van der Waals surface area (Å²) in [7, 11) is 0. The summed E-state index contributed by atoms with van der Waals surface area (Å²) in [6, 6.07) is 17.5. The van der Waals surface area contributed by atoms with Gasteiger partial charge in [-0.15, -0.1) is 0 Å². The highest BCUT2D eigenvalue weighted by Crippen LogP contribution is 2.73. The minimum absolute atomic E-state index is 0.00861. The Hall–Kier alpha value is -2.20. The summed E-state index contributed by atoms with van der Waals surface area (Å²) in [6.07, 6.45) is 6.73. The number of rotatable bonds is 10. The predicted molar refractivity (Wildman–Crippen MR) is 132 cm³/mol. The summed E-state index contributed by atoms with van der Waals surface area (Å²) in [5, 5.41) is 0. The van der Waals surface area contributed by atoms with Crippen LogP contribution in [-0.4, -0.2) is 25.4 Å². The topological polar surface area (TPSA) is 27.7 Å². The highest BCUT2D eigenvalue weighted by Gasteiger charge is 2.77. The molecule has 0 N–H and O–H groups in total. The van der Waals surface area contributed by atoms with Crippen molar-refractivity contribution in [2.45, 2.75) is 51.1 Å². The first kappa shape index (κ1) is 21.3. The van der Waals surface area contributed by atoms with E-state index in [2.05, 4.69) is 75.5 Å². The Morgan fingerprint density at radius 2 is 1.18 bits per heavy atom. The van der Waals surface area contributed by atoms with E-state index in [1.807, 2.05) is 12.2 Å². The van der Waals surface area contributed by atoms with E-state index in [4.69, 9.17) is 14.2 Å². The molecule has 2 saturated heterocycles. The fraction of sp³-hybridized carbons (Fsp3) is 0.467. The van der Waals surface area contributed by atoms with Crippen LogP contribution in [-0.2, 0) is 14.2 Å². The van der Waals surface area contributed by atoms with Gasteiger partial charge < -0.3 is 14.2 Å².